The monoisotopic (exact) mass is 186 g/mol. The molecule has 2 heteroatoms. The molecule has 1 saturated heterocycles. The van der Waals surface area contributed by atoms with Crippen molar-refractivity contribution in [3.05, 3.63) is 0 Å². The average molecular weight is 186 g/mol. The van der Waals surface area contributed by atoms with Crippen molar-refractivity contribution in [1.82, 2.24) is 0 Å². The molecule has 78 valence electrons. The van der Waals surface area contributed by atoms with Gasteiger partial charge in [0.2, 0.25) is 0 Å². The van der Waals surface area contributed by atoms with E-state index in [2.05, 4.69) is 20.8 Å². The summed E-state index contributed by atoms with van der Waals surface area (Å²) < 4.78 is 11.3. The van der Waals surface area contributed by atoms with Crippen molar-refractivity contribution in [2.75, 3.05) is 6.61 Å². The predicted molar refractivity (Wildman–Crippen MR) is 53.6 cm³/mol. The second kappa shape index (κ2) is 5.61. The fraction of sp³-hybridized carbons (Fsp3) is 1.00. The van der Waals surface area contributed by atoms with Crippen LogP contribution in [0.1, 0.15) is 46.5 Å². The lowest BCUT2D eigenvalue weighted by Gasteiger charge is -2.20. The molecule has 0 spiro atoms. The highest BCUT2D eigenvalue weighted by Crippen LogP contribution is 2.25. The molecular weight excluding hydrogens is 164 g/mol. The minimum atomic E-state index is 0.0755. The second-order valence-electron chi connectivity index (χ2n) is 3.96. The minimum Gasteiger partial charge on any atom is -0.350 e. The SMILES string of the molecule is CCCC[C@H](CC)[C@H]1OC[C@@H](C)O1. The molecule has 1 rings (SSSR count). The number of hydrogen-bond acceptors (Lipinski definition) is 2. The molecule has 0 aromatic rings. The van der Waals surface area contributed by atoms with Crippen LogP contribution in [0.5, 0.6) is 0 Å². The van der Waals surface area contributed by atoms with Gasteiger partial charge in [0.15, 0.2) is 6.29 Å². The van der Waals surface area contributed by atoms with Gasteiger partial charge < -0.3 is 9.47 Å². The first-order valence-corrected chi connectivity index (χ1v) is 5.55. The largest absolute Gasteiger partial charge is 0.350 e. The van der Waals surface area contributed by atoms with Crippen LogP contribution in [-0.2, 0) is 9.47 Å². The lowest BCUT2D eigenvalue weighted by molar-refractivity contribution is -0.0973. The van der Waals surface area contributed by atoms with Gasteiger partial charge in [-0.3, -0.25) is 0 Å². The average Bonchev–Trinajstić information content (AvgIpc) is 2.54. The van der Waals surface area contributed by atoms with Gasteiger partial charge in [-0.05, 0) is 19.8 Å². The highest BCUT2D eigenvalue weighted by molar-refractivity contribution is 4.68. The molecule has 0 amide bonds. The Kier molecular flexibility index (Phi) is 4.74. The summed E-state index contributed by atoms with van der Waals surface area (Å²) in [4.78, 5) is 0. The fourth-order valence-corrected chi connectivity index (χ4v) is 1.78. The van der Waals surface area contributed by atoms with Crippen molar-refractivity contribution >= 4 is 0 Å². The molecule has 13 heavy (non-hydrogen) atoms. The fourth-order valence-electron chi connectivity index (χ4n) is 1.78. The molecule has 0 radical (unpaired) electrons. The predicted octanol–water partition coefficient (Wildman–Crippen LogP) is 2.96. The summed E-state index contributed by atoms with van der Waals surface area (Å²) in [5, 5.41) is 0. The second-order valence-corrected chi connectivity index (χ2v) is 3.96. The van der Waals surface area contributed by atoms with E-state index in [0.717, 1.165) is 13.0 Å². The Hall–Kier alpha value is -0.0800. The topological polar surface area (TPSA) is 18.5 Å². The van der Waals surface area contributed by atoms with Gasteiger partial charge in [0.25, 0.3) is 0 Å². The van der Waals surface area contributed by atoms with Gasteiger partial charge in [0.05, 0.1) is 12.7 Å². The van der Waals surface area contributed by atoms with E-state index in [-0.39, 0.29) is 6.29 Å². The van der Waals surface area contributed by atoms with Crippen molar-refractivity contribution in [1.29, 1.82) is 0 Å². The van der Waals surface area contributed by atoms with Crippen LogP contribution in [0, 0.1) is 5.92 Å². The van der Waals surface area contributed by atoms with Gasteiger partial charge in [0, 0.05) is 5.92 Å². The Morgan fingerprint density at radius 2 is 2.15 bits per heavy atom. The van der Waals surface area contributed by atoms with Crippen LogP contribution in [-0.4, -0.2) is 19.0 Å². The molecule has 3 atom stereocenters. The van der Waals surface area contributed by atoms with Crippen LogP contribution < -0.4 is 0 Å². The maximum atomic E-state index is 5.69. The Balaban J connectivity index is 2.29. The summed E-state index contributed by atoms with van der Waals surface area (Å²) in [6, 6.07) is 0. The van der Waals surface area contributed by atoms with E-state index < -0.39 is 0 Å². The van der Waals surface area contributed by atoms with E-state index in [9.17, 15) is 0 Å². The third-order valence-electron chi connectivity index (χ3n) is 2.70. The van der Waals surface area contributed by atoms with Gasteiger partial charge in [-0.1, -0.05) is 26.7 Å². The summed E-state index contributed by atoms with van der Waals surface area (Å²) in [5.74, 6) is 0.602. The number of ether oxygens (including phenoxy) is 2. The molecule has 1 fully saturated rings. The minimum absolute atomic E-state index is 0.0755. The van der Waals surface area contributed by atoms with Crippen LogP contribution >= 0.6 is 0 Å². The van der Waals surface area contributed by atoms with Crippen LogP contribution in [0.15, 0.2) is 0 Å². The molecule has 0 bridgehead atoms. The van der Waals surface area contributed by atoms with Crippen molar-refractivity contribution in [3.63, 3.8) is 0 Å². The zero-order valence-electron chi connectivity index (χ0n) is 9.08. The Labute approximate surface area is 81.6 Å². The van der Waals surface area contributed by atoms with Gasteiger partial charge in [-0.25, -0.2) is 0 Å². The van der Waals surface area contributed by atoms with E-state index in [4.69, 9.17) is 9.47 Å². The highest BCUT2D eigenvalue weighted by Gasteiger charge is 2.28. The van der Waals surface area contributed by atoms with Crippen molar-refractivity contribution < 1.29 is 9.47 Å². The maximum absolute atomic E-state index is 5.69. The molecule has 0 saturated carbocycles. The lowest BCUT2D eigenvalue weighted by atomic mass is 9.99. The van der Waals surface area contributed by atoms with Gasteiger partial charge in [-0.2, -0.15) is 0 Å². The summed E-state index contributed by atoms with van der Waals surface area (Å²) in [6.45, 7) is 7.29. The highest BCUT2D eigenvalue weighted by atomic mass is 16.7. The number of rotatable bonds is 5. The lowest BCUT2D eigenvalue weighted by Crippen LogP contribution is -2.21. The van der Waals surface area contributed by atoms with E-state index in [0.29, 0.717) is 12.0 Å². The molecule has 2 nitrogen and oxygen atoms in total. The molecule has 0 unspecified atom stereocenters. The molecule has 1 aliphatic rings. The molecule has 1 heterocycles. The smallest absolute Gasteiger partial charge is 0.160 e. The molecule has 1 aliphatic heterocycles. The van der Waals surface area contributed by atoms with E-state index in [1.807, 2.05) is 0 Å². The van der Waals surface area contributed by atoms with Crippen LogP contribution in [0.4, 0.5) is 0 Å². The quantitative estimate of drug-likeness (QED) is 0.657. The Bertz CT molecular complexity index is 136. The summed E-state index contributed by atoms with van der Waals surface area (Å²) in [7, 11) is 0. The molecule has 0 aliphatic carbocycles. The molecule has 0 N–H and O–H groups in total. The third-order valence-corrected chi connectivity index (χ3v) is 2.70. The van der Waals surface area contributed by atoms with Crippen molar-refractivity contribution in [2.24, 2.45) is 5.92 Å². The summed E-state index contributed by atoms with van der Waals surface area (Å²) >= 11 is 0. The standard InChI is InChI=1S/C11H22O2/c1-4-6-7-10(5-2)11-12-8-9(3)13-11/h9-11H,4-8H2,1-3H3/t9-,10+,11+/m1/s1. The first kappa shape index (κ1) is 11.0. The molecule has 0 aromatic heterocycles. The first-order chi connectivity index (χ1) is 6.27. The Morgan fingerprint density at radius 3 is 2.62 bits per heavy atom. The van der Waals surface area contributed by atoms with Gasteiger partial charge >= 0.3 is 0 Å². The van der Waals surface area contributed by atoms with Crippen molar-refractivity contribution in [3.8, 4) is 0 Å². The number of hydrogen-bond donors (Lipinski definition) is 0. The third kappa shape index (κ3) is 3.28. The Morgan fingerprint density at radius 1 is 1.38 bits per heavy atom. The first-order valence-electron chi connectivity index (χ1n) is 5.55. The van der Waals surface area contributed by atoms with Crippen LogP contribution in [0.3, 0.4) is 0 Å². The summed E-state index contributed by atoms with van der Waals surface area (Å²) in [5.41, 5.74) is 0. The van der Waals surface area contributed by atoms with Gasteiger partial charge in [0.1, 0.15) is 0 Å². The maximum Gasteiger partial charge on any atom is 0.160 e. The van der Waals surface area contributed by atoms with E-state index in [1.54, 1.807) is 0 Å². The number of unbranched alkanes of at least 4 members (excludes halogenated alkanes) is 1. The summed E-state index contributed by atoms with van der Waals surface area (Å²) in [6.07, 6.45) is 5.32. The van der Waals surface area contributed by atoms with Crippen LogP contribution in [0.2, 0.25) is 0 Å². The zero-order valence-corrected chi connectivity index (χ0v) is 9.08. The van der Waals surface area contributed by atoms with E-state index in [1.165, 1.54) is 19.3 Å². The van der Waals surface area contributed by atoms with Crippen LogP contribution in [0.25, 0.3) is 0 Å². The van der Waals surface area contributed by atoms with E-state index >= 15 is 0 Å². The van der Waals surface area contributed by atoms with Gasteiger partial charge in [-0.15, -0.1) is 0 Å². The zero-order chi connectivity index (χ0) is 9.68. The molecular formula is C11H22O2. The van der Waals surface area contributed by atoms with Crippen molar-refractivity contribution in [2.45, 2.75) is 58.8 Å². The molecule has 0 aromatic carbocycles. The normalized spacial score (nSPS) is 30.7.